The van der Waals surface area contributed by atoms with Crippen molar-refractivity contribution in [2.75, 3.05) is 0 Å². The van der Waals surface area contributed by atoms with Crippen molar-refractivity contribution in [2.24, 2.45) is 0 Å². The summed E-state index contributed by atoms with van der Waals surface area (Å²) in [5.74, 6) is 0.163. The van der Waals surface area contributed by atoms with Crippen molar-refractivity contribution in [3.05, 3.63) is 100 Å². The Kier molecular flexibility index (Phi) is 5.93. The zero-order valence-corrected chi connectivity index (χ0v) is 17.6. The molecule has 0 aliphatic rings. The Labute approximate surface area is 183 Å². The Morgan fingerprint density at radius 3 is 2.56 bits per heavy atom. The van der Waals surface area contributed by atoms with Gasteiger partial charge in [-0.25, -0.2) is 4.39 Å². The van der Waals surface area contributed by atoms with E-state index < -0.39 is 0 Å². The third-order valence-electron chi connectivity index (χ3n) is 5.21. The zero-order valence-electron chi connectivity index (χ0n) is 17.6. The lowest BCUT2D eigenvalue weighted by Crippen LogP contribution is -2.32. The second-order valence-electron chi connectivity index (χ2n) is 7.36. The molecule has 4 rings (SSSR count). The van der Waals surface area contributed by atoms with E-state index in [1.807, 2.05) is 34.9 Å². The molecule has 0 spiro atoms. The van der Waals surface area contributed by atoms with Crippen molar-refractivity contribution in [3.63, 3.8) is 0 Å². The molecule has 4 aromatic rings. The van der Waals surface area contributed by atoms with Crippen LogP contribution in [-0.4, -0.2) is 25.1 Å². The van der Waals surface area contributed by atoms with E-state index in [4.69, 9.17) is 0 Å². The molecule has 0 radical (unpaired) electrons. The molecule has 0 atom stereocenters. The number of benzene rings is 2. The largest absolute Gasteiger partial charge is 0.352 e. The molecule has 0 unspecified atom stereocenters. The first kappa shape index (κ1) is 21.2. The van der Waals surface area contributed by atoms with Crippen LogP contribution >= 0.6 is 0 Å². The van der Waals surface area contributed by atoms with Crippen LogP contribution in [0.15, 0.2) is 72.0 Å². The summed E-state index contributed by atoms with van der Waals surface area (Å²) in [5, 5.41) is 7.18. The zero-order chi connectivity index (χ0) is 22.7. The van der Waals surface area contributed by atoms with Gasteiger partial charge in [-0.3, -0.25) is 9.59 Å². The second-order valence-corrected chi connectivity index (χ2v) is 7.36. The Hall–Kier alpha value is -4.07. The maximum atomic E-state index is 13.2. The van der Waals surface area contributed by atoms with Crippen LogP contribution in [0.2, 0.25) is 0 Å². The molecule has 0 saturated carbocycles. The molecule has 0 bridgehead atoms. The van der Waals surface area contributed by atoms with Crippen molar-refractivity contribution in [1.29, 1.82) is 0 Å². The average Bonchev–Trinajstić information content (AvgIpc) is 3.25. The van der Waals surface area contributed by atoms with Gasteiger partial charge in [0.05, 0.1) is 6.42 Å². The van der Waals surface area contributed by atoms with Crippen LogP contribution in [0.1, 0.15) is 16.8 Å². The van der Waals surface area contributed by atoms with Gasteiger partial charge in [0.1, 0.15) is 5.82 Å². The molecule has 8 heteroatoms. The lowest BCUT2D eigenvalue weighted by molar-refractivity contribution is -0.120. The van der Waals surface area contributed by atoms with E-state index in [0.717, 1.165) is 11.1 Å². The number of carbonyl (C=O) groups excluding carboxylic acids is 1. The third kappa shape index (κ3) is 4.20. The third-order valence-corrected chi connectivity index (χ3v) is 5.21. The van der Waals surface area contributed by atoms with Gasteiger partial charge in [0.15, 0.2) is 5.82 Å². The molecule has 0 aliphatic heterocycles. The molecule has 0 fully saturated rings. The fourth-order valence-corrected chi connectivity index (χ4v) is 3.50. The molecule has 32 heavy (non-hydrogen) atoms. The predicted octanol–water partition coefficient (Wildman–Crippen LogP) is 3.05. The lowest BCUT2D eigenvalue weighted by atomic mass is 10.1. The number of hydrogen-bond donors (Lipinski definition) is 1. The Bertz CT molecular complexity index is 1340. The summed E-state index contributed by atoms with van der Waals surface area (Å²) in [6.45, 7) is 6.22. The maximum absolute atomic E-state index is 13.2. The van der Waals surface area contributed by atoms with Gasteiger partial charge < -0.3 is 9.88 Å². The summed E-state index contributed by atoms with van der Waals surface area (Å²) in [7, 11) is 0. The van der Waals surface area contributed by atoms with E-state index in [9.17, 15) is 14.0 Å². The van der Waals surface area contributed by atoms with Crippen molar-refractivity contribution in [2.45, 2.75) is 26.4 Å². The Morgan fingerprint density at radius 1 is 1.16 bits per heavy atom. The number of allylic oxidation sites excluding steroid dienone is 1. The highest BCUT2D eigenvalue weighted by atomic mass is 19.1. The highest BCUT2D eigenvalue weighted by Gasteiger charge is 2.20. The first-order chi connectivity index (χ1) is 15.5. The molecule has 7 nitrogen and oxygen atoms in total. The van der Waals surface area contributed by atoms with Gasteiger partial charge in [0.25, 0.3) is 5.56 Å². The van der Waals surface area contributed by atoms with Crippen LogP contribution < -0.4 is 10.9 Å². The van der Waals surface area contributed by atoms with E-state index in [0.29, 0.717) is 29.4 Å². The van der Waals surface area contributed by atoms with E-state index in [1.165, 1.54) is 16.6 Å². The fraction of sp³-hybridized carbons (Fsp3) is 0.167. The SMILES string of the molecule is C=CCn1c(C)c(CC(=O)NCc2ccc(F)cc2)c(=O)n2nc(-c3ccccc3)nc12. The quantitative estimate of drug-likeness (QED) is 0.456. The Balaban J connectivity index is 1.67. The standard InChI is InChI=1S/C24H22FN5O2/c1-3-13-29-16(2)20(14-21(31)26-15-17-9-11-19(25)12-10-17)23(32)30-24(29)27-22(28-30)18-7-5-4-6-8-18/h3-12H,1,13-15H2,2H3,(H,26,31). The molecule has 0 saturated heterocycles. The molecular weight excluding hydrogens is 409 g/mol. The number of fused-ring (bicyclic) bond motifs is 1. The van der Waals surface area contributed by atoms with Gasteiger partial charge in [0, 0.05) is 29.9 Å². The topological polar surface area (TPSA) is 81.3 Å². The number of amides is 1. The number of rotatable bonds is 7. The first-order valence-electron chi connectivity index (χ1n) is 10.1. The highest BCUT2D eigenvalue weighted by molar-refractivity contribution is 5.78. The molecule has 1 N–H and O–H groups in total. The Morgan fingerprint density at radius 2 is 1.88 bits per heavy atom. The van der Waals surface area contributed by atoms with Crippen LogP contribution in [-0.2, 0) is 24.3 Å². The van der Waals surface area contributed by atoms with Crippen LogP contribution in [0.3, 0.4) is 0 Å². The second kappa shape index (κ2) is 8.97. The number of nitrogens with zero attached hydrogens (tertiary/aromatic N) is 4. The summed E-state index contributed by atoms with van der Waals surface area (Å²) in [6, 6.07) is 15.3. The fourth-order valence-electron chi connectivity index (χ4n) is 3.50. The molecule has 1 amide bonds. The van der Waals surface area contributed by atoms with Gasteiger partial charge in [-0.15, -0.1) is 11.7 Å². The minimum atomic E-state index is -0.385. The number of hydrogen-bond acceptors (Lipinski definition) is 4. The van der Waals surface area contributed by atoms with Crippen LogP contribution in [0.4, 0.5) is 4.39 Å². The summed E-state index contributed by atoms with van der Waals surface area (Å²) in [5.41, 5.74) is 2.13. The minimum Gasteiger partial charge on any atom is -0.352 e. The molecular formula is C24H22FN5O2. The van der Waals surface area contributed by atoms with Crippen molar-refractivity contribution in [3.8, 4) is 11.4 Å². The van der Waals surface area contributed by atoms with E-state index in [1.54, 1.807) is 25.1 Å². The molecule has 162 valence electrons. The van der Waals surface area contributed by atoms with Crippen molar-refractivity contribution in [1.82, 2.24) is 24.5 Å². The monoisotopic (exact) mass is 431 g/mol. The van der Waals surface area contributed by atoms with Gasteiger partial charge in [-0.1, -0.05) is 48.5 Å². The summed E-state index contributed by atoms with van der Waals surface area (Å²) in [4.78, 5) is 30.3. The average molecular weight is 431 g/mol. The predicted molar refractivity (Wildman–Crippen MR) is 120 cm³/mol. The highest BCUT2D eigenvalue weighted by Crippen LogP contribution is 2.17. The van der Waals surface area contributed by atoms with E-state index in [2.05, 4.69) is 22.0 Å². The van der Waals surface area contributed by atoms with Gasteiger partial charge >= 0.3 is 0 Å². The minimum absolute atomic E-state index is 0.112. The smallest absolute Gasteiger partial charge is 0.279 e. The number of carbonyl (C=O) groups is 1. The summed E-state index contributed by atoms with van der Waals surface area (Å²) < 4.78 is 16.1. The first-order valence-corrected chi connectivity index (χ1v) is 10.1. The van der Waals surface area contributed by atoms with Gasteiger partial charge in [-0.05, 0) is 24.6 Å². The van der Waals surface area contributed by atoms with Gasteiger partial charge in [0.2, 0.25) is 11.7 Å². The molecule has 0 aliphatic carbocycles. The lowest BCUT2D eigenvalue weighted by Gasteiger charge is -2.14. The molecule has 2 heterocycles. The number of nitrogens with one attached hydrogen (secondary N) is 1. The van der Waals surface area contributed by atoms with E-state index >= 15 is 0 Å². The van der Waals surface area contributed by atoms with Crippen LogP contribution in [0.5, 0.6) is 0 Å². The maximum Gasteiger partial charge on any atom is 0.279 e. The van der Waals surface area contributed by atoms with Crippen LogP contribution in [0.25, 0.3) is 17.2 Å². The van der Waals surface area contributed by atoms with E-state index in [-0.39, 0.29) is 30.2 Å². The van der Waals surface area contributed by atoms with Gasteiger partial charge in [-0.2, -0.15) is 9.50 Å². The van der Waals surface area contributed by atoms with Crippen molar-refractivity contribution >= 4 is 11.7 Å². The number of halogens is 1. The van der Waals surface area contributed by atoms with Crippen LogP contribution in [0, 0.1) is 12.7 Å². The normalized spacial score (nSPS) is 10.9. The molecule has 2 aromatic heterocycles. The number of aromatic nitrogens is 4. The molecule has 2 aromatic carbocycles. The summed E-state index contributed by atoms with van der Waals surface area (Å²) >= 11 is 0. The summed E-state index contributed by atoms with van der Waals surface area (Å²) in [6.07, 6.45) is 1.59. The van der Waals surface area contributed by atoms with Crippen molar-refractivity contribution < 1.29 is 9.18 Å².